The van der Waals surface area contributed by atoms with Gasteiger partial charge in [-0.05, 0) is 65.2 Å². The molecular formula is C15H33N3O. The van der Waals surface area contributed by atoms with Crippen LogP contribution < -0.4 is 11.1 Å². The van der Waals surface area contributed by atoms with Crippen LogP contribution >= 0.6 is 0 Å². The molecule has 0 rings (SSSR count). The minimum atomic E-state index is 0.175. The molecule has 19 heavy (non-hydrogen) atoms. The maximum absolute atomic E-state index is 11.9. The lowest BCUT2D eigenvalue weighted by molar-refractivity contribution is -0.122. The number of carbonyl (C=O) groups excluding carboxylic acids is 1. The Hall–Kier alpha value is -0.610. The fourth-order valence-electron chi connectivity index (χ4n) is 2.21. The van der Waals surface area contributed by atoms with Crippen LogP contribution in [0.25, 0.3) is 0 Å². The predicted molar refractivity (Wildman–Crippen MR) is 82.0 cm³/mol. The zero-order valence-corrected chi connectivity index (χ0v) is 13.4. The molecule has 4 heteroatoms. The van der Waals surface area contributed by atoms with E-state index in [1.807, 2.05) is 0 Å². The van der Waals surface area contributed by atoms with E-state index in [1.54, 1.807) is 0 Å². The first-order valence-corrected chi connectivity index (χ1v) is 7.51. The number of nitrogens with two attached hydrogens (primary N) is 1. The number of rotatable bonds is 10. The van der Waals surface area contributed by atoms with Crippen LogP contribution in [-0.4, -0.2) is 44.0 Å². The van der Waals surface area contributed by atoms with Crippen LogP contribution in [0.5, 0.6) is 0 Å². The number of nitrogens with zero attached hydrogens (tertiary/aromatic N) is 1. The maximum Gasteiger partial charge on any atom is 0.220 e. The van der Waals surface area contributed by atoms with Crippen molar-refractivity contribution in [2.45, 2.75) is 52.5 Å². The Kier molecular flexibility index (Phi) is 9.88. The minimum Gasteiger partial charge on any atom is -0.354 e. The first kappa shape index (κ1) is 18.4. The van der Waals surface area contributed by atoms with Gasteiger partial charge in [0.1, 0.15) is 0 Å². The molecule has 114 valence electrons. The summed E-state index contributed by atoms with van der Waals surface area (Å²) >= 11 is 0. The maximum atomic E-state index is 11.9. The molecule has 0 fully saturated rings. The Bertz CT molecular complexity index is 242. The molecule has 0 aromatic carbocycles. The third-order valence-corrected chi connectivity index (χ3v) is 3.64. The summed E-state index contributed by atoms with van der Waals surface area (Å²) in [5, 5.41) is 3.07. The highest BCUT2D eigenvalue weighted by atomic mass is 16.1. The van der Waals surface area contributed by atoms with Gasteiger partial charge in [-0.2, -0.15) is 0 Å². The lowest BCUT2D eigenvalue weighted by Gasteiger charge is -2.21. The van der Waals surface area contributed by atoms with Crippen molar-refractivity contribution in [1.29, 1.82) is 0 Å². The summed E-state index contributed by atoms with van der Waals surface area (Å²) in [4.78, 5) is 14.0. The summed E-state index contributed by atoms with van der Waals surface area (Å²) in [6.45, 7) is 8.20. The SMILES string of the molecule is CC(CCN(C)C)NC(=O)CCC(CCN)C(C)C. The summed E-state index contributed by atoms with van der Waals surface area (Å²) in [7, 11) is 4.10. The van der Waals surface area contributed by atoms with E-state index in [9.17, 15) is 4.79 Å². The Morgan fingerprint density at radius 1 is 1.16 bits per heavy atom. The molecule has 0 saturated carbocycles. The number of carbonyl (C=O) groups is 1. The van der Waals surface area contributed by atoms with Crippen molar-refractivity contribution in [2.24, 2.45) is 17.6 Å². The number of hydrogen-bond donors (Lipinski definition) is 2. The molecule has 0 bridgehead atoms. The van der Waals surface area contributed by atoms with Crippen LogP contribution in [0.2, 0.25) is 0 Å². The highest BCUT2D eigenvalue weighted by Crippen LogP contribution is 2.20. The average Bonchev–Trinajstić information content (AvgIpc) is 2.31. The van der Waals surface area contributed by atoms with Gasteiger partial charge in [0.25, 0.3) is 0 Å². The second-order valence-electron chi connectivity index (χ2n) is 6.18. The van der Waals surface area contributed by atoms with Crippen molar-refractivity contribution in [3.8, 4) is 0 Å². The highest BCUT2D eigenvalue weighted by molar-refractivity contribution is 5.76. The van der Waals surface area contributed by atoms with Crippen molar-refractivity contribution in [2.75, 3.05) is 27.2 Å². The van der Waals surface area contributed by atoms with Gasteiger partial charge in [-0.25, -0.2) is 0 Å². The molecule has 2 unspecified atom stereocenters. The Balaban J connectivity index is 3.89. The second-order valence-corrected chi connectivity index (χ2v) is 6.18. The molecule has 3 N–H and O–H groups in total. The van der Waals surface area contributed by atoms with Gasteiger partial charge in [-0.3, -0.25) is 4.79 Å². The van der Waals surface area contributed by atoms with E-state index < -0.39 is 0 Å². The van der Waals surface area contributed by atoms with Crippen molar-refractivity contribution in [3.05, 3.63) is 0 Å². The van der Waals surface area contributed by atoms with E-state index >= 15 is 0 Å². The number of amides is 1. The zero-order valence-electron chi connectivity index (χ0n) is 13.4. The van der Waals surface area contributed by atoms with E-state index in [0.717, 1.165) is 25.8 Å². The standard InChI is InChI=1S/C15H33N3O/c1-12(2)14(8-10-16)6-7-15(19)17-13(3)9-11-18(4)5/h12-14H,6-11,16H2,1-5H3,(H,17,19). The Morgan fingerprint density at radius 2 is 1.79 bits per heavy atom. The van der Waals surface area contributed by atoms with Crippen LogP contribution in [0.4, 0.5) is 0 Å². The molecule has 2 atom stereocenters. The highest BCUT2D eigenvalue weighted by Gasteiger charge is 2.15. The third-order valence-electron chi connectivity index (χ3n) is 3.64. The van der Waals surface area contributed by atoms with E-state index in [4.69, 9.17) is 5.73 Å². The van der Waals surface area contributed by atoms with Gasteiger partial charge >= 0.3 is 0 Å². The molecule has 0 spiro atoms. The summed E-state index contributed by atoms with van der Waals surface area (Å²) in [5.41, 5.74) is 5.62. The Morgan fingerprint density at radius 3 is 2.26 bits per heavy atom. The molecule has 0 radical (unpaired) electrons. The predicted octanol–water partition coefficient (Wildman–Crippen LogP) is 1.84. The average molecular weight is 271 g/mol. The van der Waals surface area contributed by atoms with Crippen molar-refractivity contribution in [1.82, 2.24) is 10.2 Å². The lowest BCUT2D eigenvalue weighted by atomic mass is 9.88. The summed E-state index contributed by atoms with van der Waals surface area (Å²) in [6, 6.07) is 0.252. The van der Waals surface area contributed by atoms with E-state index in [2.05, 4.69) is 45.1 Å². The Labute approximate surface area is 119 Å². The molecule has 0 aromatic rings. The van der Waals surface area contributed by atoms with Crippen molar-refractivity contribution >= 4 is 5.91 Å². The summed E-state index contributed by atoms with van der Waals surface area (Å²) < 4.78 is 0. The van der Waals surface area contributed by atoms with Gasteiger partial charge in [0, 0.05) is 12.5 Å². The molecule has 0 aromatic heterocycles. The fourth-order valence-corrected chi connectivity index (χ4v) is 2.21. The van der Waals surface area contributed by atoms with E-state index in [1.165, 1.54) is 0 Å². The van der Waals surface area contributed by atoms with Gasteiger partial charge in [0.05, 0.1) is 0 Å². The van der Waals surface area contributed by atoms with Gasteiger partial charge in [-0.15, -0.1) is 0 Å². The topological polar surface area (TPSA) is 58.4 Å². The minimum absolute atomic E-state index is 0.175. The van der Waals surface area contributed by atoms with Gasteiger partial charge in [-0.1, -0.05) is 13.8 Å². The number of nitrogens with one attached hydrogen (secondary N) is 1. The normalized spacial score (nSPS) is 14.7. The monoisotopic (exact) mass is 271 g/mol. The van der Waals surface area contributed by atoms with E-state index in [-0.39, 0.29) is 11.9 Å². The second kappa shape index (κ2) is 10.2. The van der Waals surface area contributed by atoms with Crippen molar-refractivity contribution < 1.29 is 4.79 Å². The lowest BCUT2D eigenvalue weighted by Crippen LogP contribution is -2.35. The fraction of sp³-hybridized carbons (Fsp3) is 0.933. The molecular weight excluding hydrogens is 238 g/mol. The first-order valence-electron chi connectivity index (χ1n) is 7.51. The van der Waals surface area contributed by atoms with Gasteiger partial charge in [0.2, 0.25) is 5.91 Å². The molecule has 0 aliphatic rings. The third kappa shape index (κ3) is 9.91. The van der Waals surface area contributed by atoms with Crippen LogP contribution in [0.15, 0.2) is 0 Å². The molecule has 0 aliphatic carbocycles. The summed E-state index contributed by atoms with van der Waals surface area (Å²) in [5.74, 6) is 1.34. The smallest absolute Gasteiger partial charge is 0.220 e. The van der Waals surface area contributed by atoms with Crippen molar-refractivity contribution in [3.63, 3.8) is 0 Å². The van der Waals surface area contributed by atoms with Gasteiger partial charge in [0.15, 0.2) is 0 Å². The largest absolute Gasteiger partial charge is 0.354 e. The quantitative estimate of drug-likeness (QED) is 0.637. The molecule has 0 aliphatic heterocycles. The van der Waals surface area contributed by atoms with Crippen LogP contribution in [0, 0.1) is 11.8 Å². The van der Waals surface area contributed by atoms with E-state index in [0.29, 0.717) is 24.8 Å². The zero-order chi connectivity index (χ0) is 14.8. The van der Waals surface area contributed by atoms with Crippen LogP contribution in [0.1, 0.15) is 46.5 Å². The molecule has 4 nitrogen and oxygen atoms in total. The van der Waals surface area contributed by atoms with Crippen LogP contribution in [-0.2, 0) is 4.79 Å². The molecule has 0 saturated heterocycles. The van der Waals surface area contributed by atoms with Gasteiger partial charge < -0.3 is 16.0 Å². The molecule has 0 heterocycles. The first-order chi connectivity index (χ1) is 8.86. The summed E-state index contributed by atoms with van der Waals surface area (Å²) in [6.07, 6.45) is 3.58. The molecule has 1 amide bonds. The van der Waals surface area contributed by atoms with Crippen LogP contribution in [0.3, 0.4) is 0 Å². The number of hydrogen-bond acceptors (Lipinski definition) is 3.